The van der Waals surface area contributed by atoms with E-state index in [0.29, 0.717) is 41.3 Å². The first-order valence-corrected chi connectivity index (χ1v) is 18.7. The smallest absolute Gasteiger partial charge is 0.337 e. The molecule has 13 nitrogen and oxygen atoms in total. The Morgan fingerprint density at radius 1 is 1.02 bits per heavy atom. The number of carbonyl (C=O) groups is 2. The van der Waals surface area contributed by atoms with Crippen molar-refractivity contribution in [1.82, 2.24) is 19.8 Å². The zero-order valence-corrected chi connectivity index (χ0v) is 32.0. The van der Waals surface area contributed by atoms with Gasteiger partial charge in [0.2, 0.25) is 0 Å². The van der Waals surface area contributed by atoms with E-state index in [9.17, 15) is 35.3 Å². The average molecular weight is 833 g/mol. The van der Waals surface area contributed by atoms with E-state index < -0.39 is 30.2 Å². The summed E-state index contributed by atoms with van der Waals surface area (Å²) < 4.78 is 15.4. The predicted molar refractivity (Wildman–Crippen MR) is 208 cm³/mol. The van der Waals surface area contributed by atoms with Gasteiger partial charge in [0.25, 0.3) is 0 Å². The summed E-state index contributed by atoms with van der Waals surface area (Å²) in [5, 5.41) is 51.9. The van der Waals surface area contributed by atoms with Gasteiger partial charge in [-0.1, -0.05) is 41.9 Å². The molecule has 286 valence electrons. The number of hydrogen-bond donors (Lipinski definition) is 5. The number of aliphatic hydroxyl groups is 2. The molecule has 1 saturated heterocycles. The lowest BCUT2D eigenvalue weighted by molar-refractivity contribution is -0.157. The van der Waals surface area contributed by atoms with Crippen LogP contribution in [0.1, 0.15) is 35.1 Å². The number of aromatic nitrogens is 2. The lowest BCUT2D eigenvalue weighted by Gasteiger charge is -2.19. The normalized spacial score (nSPS) is 16.2. The van der Waals surface area contributed by atoms with Crippen LogP contribution in [0, 0.1) is 11.3 Å². The third-order valence-electron chi connectivity index (χ3n) is 9.62. The molecule has 5 N–H and O–H groups in total. The molecule has 0 spiro atoms. The standard InChI is InChI=1S/C40H39BrClN5O8/c41-37-27(4-1-6-31(37)29-5-2-7-34-30(29)8-12-47(34)11-3-10-46-13-9-40(53,24-46)39(51)52)23-55-36-16-35(54-22-26-14-25(17-43)18-44-19-26)28(15-32(36)42)20-45-33(21-48)38(49)50/h1-2,4-8,12,14-16,18-19,33,45,48,53H,3,9-11,13,20-24H2,(H,49,50)(H,51,52)/t33-,40?/m0/s1. The first-order valence-electron chi connectivity index (χ1n) is 17.5. The van der Waals surface area contributed by atoms with Crippen LogP contribution in [0.5, 0.6) is 11.5 Å². The molecule has 0 amide bonds. The van der Waals surface area contributed by atoms with E-state index >= 15 is 0 Å². The van der Waals surface area contributed by atoms with Gasteiger partial charge in [0.15, 0.2) is 5.60 Å². The summed E-state index contributed by atoms with van der Waals surface area (Å²) in [6.45, 7) is 1.73. The number of fused-ring (bicyclic) bond motifs is 1. The molecule has 0 bridgehead atoms. The number of nitrogens with one attached hydrogen (secondary N) is 1. The average Bonchev–Trinajstić information content (AvgIpc) is 3.78. The first kappa shape index (κ1) is 39.7. The van der Waals surface area contributed by atoms with Crippen LogP contribution in [0.4, 0.5) is 0 Å². The molecule has 3 aromatic carbocycles. The third kappa shape index (κ3) is 9.28. The fraction of sp³-hybridized carbons (Fsp3) is 0.300. The fourth-order valence-electron chi connectivity index (χ4n) is 6.62. The molecule has 1 aliphatic heterocycles. The van der Waals surface area contributed by atoms with E-state index in [0.717, 1.165) is 45.0 Å². The number of likely N-dealkylation sites (tertiary alicyclic amines) is 1. The maximum atomic E-state index is 11.5. The Morgan fingerprint density at radius 3 is 2.55 bits per heavy atom. The minimum absolute atomic E-state index is 0.0276. The molecule has 2 aromatic heterocycles. The van der Waals surface area contributed by atoms with Gasteiger partial charge in [0, 0.05) is 89.3 Å². The van der Waals surface area contributed by atoms with Crippen molar-refractivity contribution in [3.8, 4) is 28.7 Å². The second-order valence-electron chi connectivity index (χ2n) is 13.4. The summed E-state index contributed by atoms with van der Waals surface area (Å²) >= 11 is 10.5. The number of halogens is 2. The number of pyridine rings is 1. The van der Waals surface area contributed by atoms with Crippen molar-refractivity contribution in [1.29, 1.82) is 5.26 Å². The number of carboxylic acids is 2. The Kier molecular flexibility index (Phi) is 12.7. The first-order chi connectivity index (χ1) is 26.5. The summed E-state index contributed by atoms with van der Waals surface area (Å²) in [5.41, 5.74) is 3.81. The molecular weight excluding hydrogens is 794 g/mol. The predicted octanol–water partition coefficient (Wildman–Crippen LogP) is 5.60. The fourth-order valence-corrected chi connectivity index (χ4v) is 7.45. The largest absolute Gasteiger partial charge is 0.488 e. The summed E-state index contributed by atoms with van der Waals surface area (Å²) in [7, 11) is 0. The Hall–Kier alpha value is -5.01. The molecule has 1 fully saturated rings. The van der Waals surface area contributed by atoms with Crippen molar-refractivity contribution in [2.75, 3.05) is 26.2 Å². The Bertz CT molecular complexity index is 2240. The highest BCUT2D eigenvalue weighted by Crippen LogP contribution is 2.38. The van der Waals surface area contributed by atoms with Crippen LogP contribution >= 0.6 is 27.5 Å². The van der Waals surface area contributed by atoms with Crippen LogP contribution in [0.3, 0.4) is 0 Å². The van der Waals surface area contributed by atoms with Gasteiger partial charge in [-0.15, -0.1) is 0 Å². The van der Waals surface area contributed by atoms with Crippen LogP contribution in [0.2, 0.25) is 5.02 Å². The number of benzene rings is 3. The van der Waals surface area contributed by atoms with E-state index in [2.05, 4.69) is 61.3 Å². The van der Waals surface area contributed by atoms with Crippen molar-refractivity contribution >= 4 is 50.4 Å². The molecule has 1 aliphatic rings. The maximum Gasteiger partial charge on any atom is 0.337 e. The van der Waals surface area contributed by atoms with E-state index in [4.69, 9.17) is 21.1 Å². The van der Waals surface area contributed by atoms with Crippen molar-refractivity contribution < 1.29 is 39.5 Å². The summed E-state index contributed by atoms with van der Waals surface area (Å²) in [5.74, 6) is -1.68. The van der Waals surface area contributed by atoms with E-state index in [1.807, 2.05) is 29.2 Å². The number of hydrogen-bond acceptors (Lipinski definition) is 10. The SMILES string of the molecule is N#Cc1cncc(COc2cc(OCc3cccc(-c4cccc5c4ccn5CCCN4CCC(O)(C(=O)O)C4)c3Br)c(Cl)cc2CN[C@@H](CO)C(=O)O)c1. The Morgan fingerprint density at radius 2 is 1.80 bits per heavy atom. The van der Waals surface area contributed by atoms with Gasteiger partial charge in [-0.25, -0.2) is 4.79 Å². The number of rotatable bonds is 17. The van der Waals surface area contributed by atoms with Crippen LogP contribution in [0.15, 0.2) is 83.7 Å². The molecule has 0 saturated carbocycles. The van der Waals surface area contributed by atoms with Gasteiger partial charge in [-0.3, -0.25) is 20.0 Å². The molecule has 0 aliphatic carbocycles. The van der Waals surface area contributed by atoms with Gasteiger partial charge >= 0.3 is 11.9 Å². The second-order valence-corrected chi connectivity index (χ2v) is 14.6. The number of aliphatic hydroxyl groups excluding tert-OH is 1. The van der Waals surface area contributed by atoms with Crippen molar-refractivity contribution in [2.45, 2.75) is 50.8 Å². The molecule has 55 heavy (non-hydrogen) atoms. The maximum absolute atomic E-state index is 11.5. The lowest BCUT2D eigenvalue weighted by atomic mass is 10.00. The van der Waals surface area contributed by atoms with Gasteiger partial charge in [0.05, 0.1) is 17.2 Å². The molecule has 3 heterocycles. The quantitative estimate of drug-likeness (QED) is 0.0782. The van der Waals surface area contributed by atoms with Crippen LogP contribution in [0.25, 0.3) is 22.0 Å². The number of carboxylic acid groups (broad SMARTS) is 2. The third-order valence-corrected chi connectivity index (χ3v) is 10.8. The number of nitriles is 1. The summed E-state index contributed by atoms with van der Waals surface area (Å²) in [6.07, 6.45) is 6.11. The molecule has 2 atom stereocenters. The monoisotopic (exact) mass is 831 g/mol. The number of nitrogens with zero attached hydrogens (tertiary/aromatic N) is 4. The highest BCUT2D eigenvalue weighted by Gasteiger charge is 2.42. The highest BCUT2D eigenvalue weighted by atomic mass is 79.9. The van der Waals surface area contributed by atoms with Gasteiger partial charge in [-0.05, 0) is 64.3 Å². The minimum atomic E-state index is -1.67. The van der Waals surface area contributed by atoms with Crippen molar-refractivity contribution in [3.05, 3.63) is 111 Å². The van der Waals surface area contributed by atoms with Crippen molar-refractivity contribution in [2.24, 2.45) is 0 Å². The lowest BCUT2D eigenvalue weighted by Crippen LogP contribution is -2.41. The van der Waals surface area contributed by atoms with E-state index in [-0.39, 0.29) is 37.7 Å². The molecule has 15 heteroatoms. The Labute approximate surface area is 330 Å². The van der Waals surface area contributed by atoms with Crippen LogP contribution in [-0.4, -0.2) is 84.7 Å². The van der Waals surface area contributed by atoms with Crippen molar-refractivity contribution in [3.63, 3.8) is 0 Å². The zero-order chi connectivity index (χ0) is 39.1. The molecular formula is C40H39BrClN5O8. The van der Waals surface area contributed by atoms with Crippen LogP contribution < -0.4 is 14.8 Å². The molecule has 5 aromatic rings. The van der Waals surface area contributed by atoms with E-state index in [1.165, 1.54) is 6.20 Å². The molecule has 6 rings (SSSR count). The topological polar surface area (TPSA) is 190 Å². The highest BCUT2D eigenvalue weighted by molar-refractivity contribution is 9.10. The minimum Gasteiger partial charge on any atom is -0.488 e. The van der Waals surface area contributed by atoms with E-state index in [1.54, 1.807) is 24.4 Å². The zero-order valence-electron chi connectivity index (χ0n) is 29.6. The summed E-state index contributed by atoms with van der Waals surface area (Å²) in [4.78, 5) is 29.0. The number of ether oxygens (including phenoxy) is 2. The molecule has 0 radical (unpaired) electrons. The number of β-amino-alcohol motifs (C(OH)–C–C–N with tert-alkyl or cyclic N) is 1. The number of aliphatic carboxylic acids is 2. The van der Waals surface area contributed by atoms with Gasteiger partial charge in [0.1, 0.15) is 36.8 Å². The van der Waals surface area contributed by atoms with Gasteiger partial charge in [-0.2, -0.15) is 5.26 Å². The number of aryl methyl sites for hydroxylation is 1. The Balaban J connectivity index is 1.18. The van der Waals surface area contributed by atoms with Gasteiger partial charge < -0.3 is 34.5 Å². The van der Waals surface area contributed by atoms with Crippen LogP contribution in [-0.2, 0) is 35.9 Å². The second kappa shape index (κ2) is 17.6. The summed E-state index contributed by atoms with van der Waals surface area (Å²) in [6, 6.07) is 19.9. The molecule has 1 unspecified atom stereocenters.